The SMILES string of the molecule is CCc1noc(CN(C)C(=O)c2c(O)cc(Cl)cc2Cl)n1. The Morgan fingerprint density at radius 2 is 2.14 bits per heavy atom. The van der Waals surface area contributed by atoms with Gasteiger partial charge in [0.25, 0.3) is 5.91 Å². The summed E-state index contributed by atoms with van der Waals surface area (Å²) in [6.45, 7) is 2.01. The first kappa shape index (κ1) is 15.6. The molecule has 1 aromatic carbocycles. The van der Waals surface area contributed by atoms with Gasteiger partial charge in [-0.15, -0.1) is 0 Å². The van der Waals surface area contributed by atoms with Gasteiger partial charge < -0.3 is 14.5 Å². The van der Waals surface area contributed by atoms with Crippen molar-refractivity contribution in [3.63, 3.8) is 0 Å². The zero-order chi connectivity index (χ0) is 15.6. The highest BCUT2D eigenvalue weighted by molar-refractivity contribution is 6.37. The molecule has 0 radical (unpaired) electrons. The summed E-state index contributed by atoms with van der Waals surface area (Å²) in [4.78, 5) is 17.8. The Hall–Kier alpha value is -1.79. The highest BCUT2D eigenvalue weighted by Crippen LogP contribution is 2.31. The van der Waals surface area contributed by atoms with Crippen molar-refractivity contribution in [2.75, 3.05) is 7.05 Å². The van der Waals surface area contributed by atoms with Crippen LogP contribution in [0.25, 0.3) is 0 Å². The van der Waals surface area contributed by atoms with Crippen LogP contribution in [0.15, 0.2) is 16.7 Å². The first-order valence-electron chi connectivity index (χ1n) is 6.17. The lowest BCUT2D eigenvalue weighted by atomic mass is 10.1. The number of benzene rings is 1. The monoisotopic (exact) mass is 329 g/mol. The molecule has 21 heavy (non-hydrogen) atoms. The van der Waals surface area contributed by atoms with E-state index in [9.17, 15) is 9.90 Å². The summed E-state index contributed by atoms with van der Waals surface area (Å²) in [6.07, 6.45) is 0.644. The molecule has 112 valence electrons. The van der Waals surface area contributed by atoms with Crippen molar-refractivity contribution in [2.45, 2.75) is 19.9 Å². The first-order valence-corrected chi connectivity index (χ1v) is 6.93. The van der Waals surface area contributed by atoms with E-state index in [1.54, 1.807) is 7.05 Å². The van der Waals surface area contributed by atoms with Crippen LogP contribution in [0, 0.1) is 0 Å². The lowest BCUT2D eigenvalue weighted by Gasteiger charge is -2.16. The van der Waals surface area contributed by atoms with Crippen LogP contribution in [0.3, 0.4) is 0 Å². The maximum absolute atomic E-state index is 12.3. The van der Waals surface area contributed by atoms with E-state index in [1.165, 1.54) is 17.0 Å². The third-order valence-corrected chi connectivity index (χ3v) is 3.31. The molecular formula is C13H13Cl2N3O3. The number of phenolic OH excluding ortho intramolecular Hbond substituents is 1. The number of hydrogen-bond donors (Lipinski definition) is 1. The summed E-state index contributed by atoms with van der Waals surface area (Å²) in [5.41, 5.74) is -0.0150. The molecule has 0 atom stereocenters. The van der Waals surface area contributed by atoms with Crippen LogP contribution in [-0.2, 0) is 13.0 Å². The van der Waals surface area contributed by atoms with Crippen molar-refractivity contribution >= 4 is 29.1 Å². The first-order chi connectivity index (χ1) is 9.92. The third-order valence-electron chi connectivity index (χ3n) is 2.79. The Kier molecular flexibility index (Phi) is 4.69. The maximum Gasteiger partial charge on any atom is 0.259 e. The van der Waals surface area contributed by atoms with Gasteiger partial charge in [0.2, 0.25) is 5.89 Å². The average molecular weight is 330 g/mol. The molecule has 0 fully saturated rings. The van der Waals surface area contributed by atoms with Crippen LogP contribution in [0.2, 0.25) is 10.0 Å². The predicted octanol–water partition coefficient (Wildman–Crippen LogP) is 2.92. The van der Waals surface area contributed by atoms with Gasteiger partial charge in [0.15, 0.2) is 5.82 Å². The van der Waals surface area contributed by atoms with Crippen molar-refractivity contribution in [1.29, 1.82) is 0 Å². The summed E-state index contributed by atoms with van der Waals surface area (Å²) in [5.74, 6) is 0.139. The second kappa shape index (κ2) is 6.32. The second-order valence-electron chi connectivity index (χ2n) is 4.40. The molecule has 0 aliphatic carbocycles. The minimum atomic E-state index is -0.467. The fourth-order valence-corrected chi connectivity index (χ4v) is 2.30. The van der Waals surface area contributed by atoms with Crippen molar-refractivity contribution in [1.82, 2.24) is 15.0 Å². The minimum Gasteiger partial charge on any atom is -0.507 e. The van der Waals surface area contributed by atoms with Gasteiger partial charge in [0.05, 0.1) is 17.1 Å². The van der Waals surface area contributed by atoms with E-state index in [0.29, 0.717) is 18.1 Å². The smallest absolute Gasteiger partial charge is 0.259 e. The van der Waals surface area contributed by atoms with E-state index >= 15 is 0 Å². The van der Waals surface area contributed by atoms with Crippen LogP contribution in [0.5, 0.6) is 5.75 Å². The molecular weight excluding hydrogens is 317 g/mol. The fourth-order valence-electron chi connectivity index (χ4n) is 1.74. The molecule has 0 aliphatic rings. The zero-order valence-electron chi connectivity index (χ0n) is 11.4. The highest BCUT2D eigenvalue weighted by Gasteiger charge is 2.21. The van der Waals surface area contributed by atoms with Crippen LogP contribution < -0.4 is 0 Å². The largest absolute Gasteiger partial charge is 0.507 e. The standard InChI is InChI=1S/C13H13Cl2N3O3/c1-3-10-16-11(21-17-10)6-18(2)13(20)12-8(15)4-7(14)5-9(12)19/h4-5,19H,3,6H2,1-2H3. The molecule has 1 amide bonds. The van der Waals surface area contributed by atoms with E-state index in [-0.39, 0.29) is 27.9 Å². The molecule has 0 saturated carbocycles. The lowest BCUT2D eigenvalue weighted by molar-refractivity contribution is 0.0766. The molecule has 1 N–H and O–H groups in total. The molecule has 6 nitrogen and oxygen atoms in total. The molecule has 0 spiro atoms. The topological polar surface area (TPSA) is 79.5 Å². The lowest BCUT2D eigenvalue weighted by Crippen LogP contribution is -2.26. The number of hydrogen-bond acceptors (Lipinski definition) is 5. The summed E-state index contributed by atoms with van der Waals surface area (Å²) in [7, 11) is 1.54. The molecule has 0 unspecified atom stereocenters. The number of aromatic nitrogens is 2. The summed E-state index contributed by atoms with van der Waals surface area (Å²) in [6, 6.07) is 2.65. The molecule has 0 bridgehead atoms. The van der Waals surface area contributed by atoms with Gasteiger partial charge in [-0.3, -0.25) is 4.79 Å². The van der Waals surface area contributed by atoms with Crippen LogP contribution in [0.4, 0.5) is 0 Å². The second-order valence-corrected chi connectivity index (χ2v) is 5.24. The fraction of sp³-hybridized carbons (Fsp3) is 0.308. The van der Waals surface area contributed by atoms with E-state index in [1.807, 2.05) is 6.92 Å². The average Bonchev–Trinajstić information content (AvgIpc) is 2.85. The summed E-state index contributed by atoms with van der Waals surface area (Å²) >= 11 is 11.7. The van der Waals surface area contributed by atoms with E-state index in [0.717, 1.165) is 0 Å². The van der Waals surface area contributed by atoms with Crippen LogP contribution in [0.1, 0.15) is 29.0 Å². The maximum atomic E-state index is 12.3. The number of halogens is 2. The Morgan fingerprint density at radius 3 is 2.71 bits per heavy atom. The van der Waals surface area contributed by atoms with Crippen molar-refractivity contribution in [2.24, 2.45) is 0 Å². The number of rotatable bonds is 4. The Bertz CT molecular complexity index is 649. The van der Waals surface area contributed by atoms with Gasteiger partial charge in [0, 0.05) is 18.5 Å². The molecule has 8 heteroatoms. The minimum absolute atomic E-state index is 0.0150. The van der Waals surface area contributed by atoms with Crippen LogP contribution in [-0.4, -0.2) is 33.1 Å². The molecule has 1 heterocycles. The van der Waals surface area contributed by atoms with Gasteiger partial charge in [-0.25, -0.2) is 0 Å². The van der Waals surface area contributed by atoms with Gasteiger partial charge in [-0.2, -0.15) is 4.98 Å². The van der Waals surface area contributed by atoms with Gasteiger partial charge in [0.1, 0.15) is 5.75 Å². The Balaban J connectivity index is 2.19. The number of aromatic hydroxyl groups is 1. The van der Waals surface area contributed by atoms with Crippen molar-refractivity contribution < 1.29 is 14.4 Å². The normalized spacial score (nSPS) is 10.7. The quantitative estimate of drug-likeness (QED) is 0.932. The number of nitrogens with zero attached hydrogens (tertiary/aromatic N) is 3. The number of phenols is 1. The summed E-state index contributed by atoms with van der Waals surface area (Å²) < 4.78 is 5.02. The molecule has 1 aromatic heterocycles. The summed E-state index contributed by atoms with van der Waals surface area (Å²) in [5, 5.41) is 13.9. The van der Waals surface area contributed by atoms with Gasteiger partial charge in [-0.05, 0) is 12.1 Å². The zero-order valence-corrected chi connectivity index (χ0v) is 12.9. The van der Waals surface area contributed by atoms with Gasteiger partial charge in [-0.1, -0.05) is 35.3 Å². The molecule has 0 saturated heterocycles. The van der Waals surface area contributed by atoms with E-state index in [2.05, 4.69) is 10.1 Å². The van der Waals surface area contributed by atoms with Crippen LogP contribution >= 0.6 is 23.2 Å². The molecule has 2 aromatic rings. The number of amides is 1. The Morgan fingerprint density at radius 1 is 1.43 bits per heavy atom. The van der Waals surface area contributed by atoms with E-state index < -0.39 is 5.91 Å². The highest BCUT2D eigenvalue weighted by atomic mass is 35.5. The third kappa shape index (κ3) is 3.46. The molecule has 2 rings (SSSR count). The number of aryl methyl sites for hydroxylation is 1. The molecule has 0 aliphatic heterocycles. The van der Waals surface area contributed by atoms with E-state index in [4.69, 9.17) is 27.7 Å². The predicted molar refractivity (Wildman–Crippen MR) is 77.6 cm³/mol. The Labute approximate surface area is 131 Å². The van der Waals surface area contributed by atoms with Gasteiger partial charge >= 0.3 is 0 Å². The number of carbonyl (C=O) groups excluding carboxylic acids is 1. The van der Waals surface area contributed by atoms with Crippen molar-refractivity contribution in [3.05, 3.63) is 39.5 Å². The number of carbonyl (C=O) groups is 1. The van der Waals surface area contributed by atoms with Crippen molar-refractivity contribution in [3.8, 4) is 5.75 Å².